The summed E-state index contributed by atoms with van der Waals surface area (Å²) in [6, 6.07) is 14.0. The number of carboxylic acid groups (broad SMARTS) is 1. The highest BCUT2D eigenvalue weighted by Crippen LogP contribution is 2.56. The Labute approximate surface area is 137 Å². The fraction of sp³-hybridized carbons (Fsp3) is 0.158. The van der Waals surface area contributed by atoms with E-state index in [1.54, 1.807) is 6.07 Å². The Kier molecular flexibility index (Phi) is 3.00. The molecule has 2 aromatic carbocycles. The molecule has 1 heterocycles. The lowest BCUT2D eigenvalue weighted by Crippen LogP contribution is -2.14. The molecule has 24 heavy (non-hydrogen) atoms. The molecule has 5 nitrogen and oxygen atoms in total. The van der Waals surface area contributed by atoms with E-state index in [0.29, 0.717) is 11.2 Å². The molecular formula is C19H15NO4. The maximum Gasteiger partial charge on any atom is 0.340 e. The van der Waals surface area contributed by atoms with E-state index in [1.165, 1.54) is 12.1 Å². The van der Waals surface area contributed by atoms with Gasteiger partial charge in [-0.15, -0.1) is 0 Å². The lowest BCUT2D eigenvalue weighted by Gasteiger charge is -2.19. The van der Waals surface area contributed by atoms with Crippen LogP contribution in [0.3, 0.4) is 0 Å². The van der Waals surface area contributed by atoms with E-state index >= 15 is 0 Å². The van der Waals surface area contributed by atoms with Crippen LogP contribution in [0.25, 0.3) is 10.9 Å². The number of aromatic hydroxyl groups is 2. The van der Waals surface area contributed by atoms with Crippen LogP contribution in [0.2, 0.25) is 0 Å². The van der Waals surface area contributed by atoms with Crippen LogP contribution in [-0.2, 0) is 5.41 Å². The van der Waals surface area contributed by atoms with Crippen LogP contribution in [-0.4, -0.2) is 26.3 Å². The van der Waals surface area contributed by atoms with Crippen molar-refractivity contribution in [3.05, 3.63) is 65.4 Å². The first-order valence-electron chi connectivity index (χ1n) is 7.68. The minimum atomic E-state index is -1.24. The Hall–Kier alpha value is -3.08. The van der Waals surface area contributed by atoms with Gasteiger partial charge in [-0.2, -0.15) is 0 Å². The first kappa shape index (κ1) is 14.5. The van der Waals surface area contributed by atoms with Gasteiger partial charge in [0.2, 0.25) is 0 Å². The van der Waals surface area contributed by atoms with Crippen molar-refractivity contribution in [1.29, 1.82) is 0 Å². The van der Waals surface area contributed by atoms with E-state index in [9.17, 15) is 20.1 Å². The minimum absolute atomic E-state index is 0.0665. The molecular weight excluding hydrogens is 306 g/mol. The summed E-state index contributed by atoms with van der Waals surface area (Å²) in [5.74, 6) is -1.62. The molecule has 1 aliphatic rings. The molecule has 0 bridgehead atoms. The molecule has 0 spiro atoms. The summed E-state index contributed by atoms with van der Waals surface area (Å²) >= 11 is 0. The maximum atomic E-state index is 11.7. The van der Waals surface area contributed by atoms with Gasteiger partial charge in [0.05, 0.1) is 11.2 Å². The molecule has 5 heteroatoms. The van der Waals surface area contributed by atoms with Crippen molar-refractivity contribution in [2.45, 2.75) is 18.3 Å². The zero-order valence-electron chi connectivity index (χ0n) is 12.7. The molecule has 1 aromatic heterocycles. The van der Waals surface area contributed by atoms with Crippen LogP contribution in [0.15, 0.2) is 48.5 Å². The largest absolute Gasteiger partial charge is 0.508 e. The third kappa shape index (κ3) is 2.01. The van der Waals surface area contributed by atoms with E-state index in [-0.39, 0.29) is 22.4 Å². The van der Waals surface area contributed by atoms with Gasteiger partial charge in [-0.05, 0) is 36.6 Å². The molecule has 0 atom stereocenters. The van der Waals surface area contributed by atoms with Gasteiger partial charge in [-0.3, -0.25) is 0 Å². The van der Waals surface area contributed by atoms with Crippen molar-refractivity contribution in [3.63, 3.8) is 0 Å². The van der Waals surface area contributed by atoms with E-state index < -0.39 is 11.4 Å². The van der Waals surface area contributed by atoms with Crippen molar-refractivity contribution in [2.24, 2.45) is 0 Å². The predicted octanol–water partition coefficient (Wildman–Crippen LogP) is 3.42. The van der Waals surface area contributed by atoms with Crippen molar-refractivity contribution in [3.8, 4) is 11.5 Å². The van der Waals surface area contributed by atoms with E-state index in [0.717, 1.165) is 18.4 Å². The van der Waals surface area contributed by atoms with Crippen LogP contribution < -0.4 is 0 Å². The number of carboxylic acids is 1. The van der Waals surface area contributed by atoms with Gasteiger partial charge in [0.15, 0.2) is 5.75 Å². The van der Waals surface area contributed by atoms with Crippen LogP contribution in [0, 0.1) is 0 Å². The summed E-state index contributed by atoms with van der Waals surface area (Å²) in [6.45, 7) is 0. The number of fused-ring (bicyclic) bond motifs is 1. The van der Waals surface area contributed by atoms with E-state index in [4.69, 9.17) is 0 Å². The van der Waals surface area contributed by atoms with Gasteiger partial charge < -0.3 is 15.3 Å². The fourth-order valence-electron chi connectivity index (χ4n) is 3.34. The number of carbonyl (C=O) groups is 1. The average molecular weight is 321 g/mol. The van der Waals surface area contributed by atoms with Gasteiger partial charge in [0.25, 0.3) is 0 Å². The van der Waals surface area contributed by atoms with Crippen LogP contribution in [0.5, 0.6) is 11.5 Å². The second kappa shape index (κ2) is 4.96. The second-order valence-electron chi connectivity index (χ2n) is 6.14. The Morgan fingerprint density at radius 3 is 2.38 bits per heavy atom. The third-order valence-electron chi connectivity index (χ3n) is 4.69. The molecule has 1 saturated carbocycles. The van der Waals surface area contributed by atoms with Crippen LogP contribution in [0.4, 0.5) is 0 Å². The third-order valence-corrected chi connectivity index (χ3v) is 4.69. The van der Waals surface area contributed by atoms with Gasteiger partial charge in [-0.1, -0.05) is 30.3 Å². The SMILES string of the molecule is O=C(O)c1c(O)c(C2(c3ccccc3)CC2)nc2ccc(O)cc12. The number of phenolic OH excluding ortho intramolecular Hbond substituents is 1. The Balaban J connectivity index is 2.03. The zero-order chi connectivity index (χ0) is 16.9. The van der Waals surface area contributed by atoms with Gasteiger partial charge in [-0.25, -0.2) is 9.78 Å². The number of hydrogen-bond acceptors (Lipinski definition) is 4. The van der Waals surface area contributed by atoms with Gasteiger partial charge >= 0.3 is 5.97 Å². The quantitative estimate of drug-likeness (QED) is 0.687. The molecule has 3 N–H and O–H groups in total. The molecule has 0 aliphatic heterocycles. The number of phenols is 1. The molecule has 3 aromatic rings. The van der Waals surface area contributed by atoms with Crippen molar-refractivity contribution >= 4 is 16.9 Å². The predicted molar refractivity (Wildman–Crippen MR) is 88.5 cm³/mol. The van der Waals surface area contributed by atoms with Crippen LogP contribution >= 0.6 is 0 Å². The van der Waals surface area contributed by atoms with Gasteiger partial charge in [0, 0.05) is 10.8 Å². The monoisotopic (exact) mass is 321 g/mol. The summed E-state index contributed by atoms with van der Waals surface area (Å²) in [5.41, 5.74) is 1.20. The fourth-order valence-corrected chi connectivity index (χ4v) is 3.34. The Bertz CT molecular complexity index is 962. The Morgan fingerprint density at radius 2 is 1.75 bits per heavy atom. The van der Waals surface area contributed by atoms with Crippen molar-refractivity contribution < 1.29 is 20.1 Å². The molecule has 4 rings (SSSR count). The number of nitrogens with zero attached hydrogens (tertiary/aromatic N) is 1. The smallest absolute Gasteiger partial charge is 0.340 e. The summed E-state index contributed by atoms with van der Waals surface area (Å²) in [4.78, 5) is 16.3. The first-order chi connectivity index (χ1) is 11.5. The van der Waals surface area contributed by atoms with E-state index in [1.807, 2.05) is 30.3 Å². The standard InChI is InChI=1S/C19H15NO4/c21-12-6-7-14-13(10-12)15(18(23)24)16(22)17(20-14)19(8-9-19)11-4-2-1-3-5-11/h1-7,10,21-22H,8-9H2,(H,23,24). The average Bonchev–Trinajstić information content (AvgIpc) is 3.36. The number of pyridine rings is 1. The highest BCUT2D eigenvalue weighted by atomic mass is 16.4. The number of benzene rings is 2. The minimum Gasteiger partial charge on any atom is -0.508 e. The molecule has 1 fully saturated rings. The normalized spacial score (nSPS) is 15.3. The zero-order valence-corrected chi connectivity index (χ0v) is 12.7. The molecule has 0 radical (unpaired) electrons. The number of aromatic carboxylic acids is 1. The lowest BCUT2D eigenvalue weighted by molar-refractivity contribution is 0.0695. The van der Waals surface area contributed by atoms with E-state index in [2.05, 4.69) is 4.98 Å². The highest BCUT2D eigenvalue weighted by molar-refractivity contribution is 6.06. The summed E-state index contributed by atoms with van der Waals surface area (Å²) in [7, 11) is 0. The summed E-state index contributed by atoms with van der Waals surface area (Å²) in [6.07, 6.45) is 1.61. The summed E-state index contributed by atoms with van der Waals surface area (Å²) in [5, 5.41) is 30.1. The maximum absolute atomic E-state index is 11.7. The van der Waals surface area contributed by atoms with Crippen molar-refractivity contribution in [1.82, 2.24) is 4.98 Å². The number of hydrogen-bond donors (Lipinski definition) is 3. The Morgan fingerprint density at radius 1 is 1.04 bits per heavy atom. The molecule has 0 amide bonds. The first-order valence-corrected chi connectivity index (χ1v) is 7.68. The second-order valence-corrected chi connectivity index (χ2v) is 6.14. The molecule has 0 unspecified atom stereocenters. The van der Waals surface area contributed by atoms with Gasteiger partial charge in [0.1, 0.15) is 11.3 Å². The number of rotatable bonds is 3. The molecule has 1 aliphatic carbocycles. The topological polar surface area (TPSA) is 90.7 Å². The van der Waals surface area contributed by atoms with Crippen LogP contribution in [0.1, 0.15) is 34.5 Å². The highest BCUT2D eigenvalue weighted by Gasteiger charge is 2.49. The molecule has 120 valence electrons. The summed E-state index contributed by atoms with van der Waals surface area (Å²) < 4.78 is 0. The number of aromatic nitrogens is 1. The van der Waals surface area contributed by atoms with Crippen molar-refractivity contribution in [2.75, 3.05) is 0 Å². The molecule has 0 saturated heterocycles. The lowest BCUT2D eigenvalue weighted by atomic mass is 9.89.